The maximum Gasteiger partial charge on any atom is 0.323 e. The highest BCUT2D eigenvalue weighted by Gasteiger charge is 2.25. The lowest BCUT2D eigenvalue weighted by Gasteiger charge is -2.24. The van der Waals surface area contributed by atoms with E-state index < -0.39 is 17.1 Å². The Labute approximate surface area is 228 Å². The number of rotatable bonds is 12. The van der Waals surface area contributed by atoms with E-state index in [9.17, 15) is 22.7 Å². The number of hydrogen-bond donors (Lipinski definition) is 2. The van der Waals surface area contributed by atoms with E-state index in [1.54, 1.807) is 6.07 Å². The molecular formula is C27H32FN4O6S-. The van der Waals surface area contributed by atoms with Crippen molar-refractivity contribution >= 4 is 34.2 Å². The monoisotopic (exact) mass is 559 g/mol. The quantitative estimate of drug-likeness (QED) is 0.196. The molecule has 3 aromatic rings. The maximum atomic E-state index is 13.5. The molecule has 1 amide bonds. The molecule has 2 atom stereocenters. The number of fused-ring (bicyclic) bond motifs is 1. The molecule has 2 N–H and O–H groups in total. The van der Waals surface area contributed by atoms with Gasteiger partial charge in [0.1, 0.15) is 17.6 Å². The third-order valence-electron chi connectivity index (χ3n) is 6.72. The Morgan fingerprint density at radius 1 is 1.31 bits per heavy atom. The van der Waals surface area contributed by atoms with Crippen LogP contribution in [0.3, 0.4) is 0 Å². The van der Waals surface area contributed by atoms with Crippen molar-refractivity contribution < 1.29 is 31.9 Å². The van der Waals surface area contributed by atoms with Crippen LogP contribution in [-0.4, -0.2) is 62.7 Å². The van der Waals surface area contributed by atoms with E-state index in [2.05, 4.69) is 15.6 Å². The van der Waals surface area contributed by atoms with Crippen LogP contribution in [0.15, 0.2) is 34.7 Å². The molecule has 1 saturated heterocycles. The summed E-state index contributed by atoms with van der Waals surface area (Å²) in [5.41, 5.74) is 2.26. The van der Waals surface area contributed by atoms with Crippen LogP contribution < -0.4 is 10.6 Å². The van der Waals surface area contributed by atoms with Crippen LogP contribution in [0.5, 0.6) is 0 Å². The van der Waals surface area contributed by atoms with Crippen molar-refractivity contribution in [2.75, 3.05) is 26.7 Å². The summed E-state index contributed by atoms with van der Waals surface area (Å²) in [7, 11) is 1.51. The Morgan fingerprint density at radius 3 is 2.72 bits per heavy atom. The zero-order chi connectivity index (χ0) is 27.9. The summed E-state index contributed by atoms with van der Waals surface area (Å²) in [6.45, 7) is 3.19. The number of pyridine rings is 1. The largest absolute Gasteiger partial charge is 0.760 e. The predicted molar refractivity (Wildman–Crippen MR) is 143 cm³/mol. The molecule has 0 bridgehead atoms. The molecule has 1 aliphatic heterocycles. The number of nitrogens with zero attached hydrogens (tertiary/aromatic N) is 2. The highest BCUT2D eigenvalue weighted by Crippen LogP contribution is 2.34. The summed E-state index contributed by atoms with van der Waals surface area (Å²) in [5.74, 6) is -0.810. The van der Waals surface area contributed by atoms with Crippen molar-refractivity contribution in [3.8, 4) is 11.3 Å². The lowest BCUT2D eigenvalue weighted by atomic mass is 10.0. The van der Waals surface area contributed by atoms with Crippen molar-refractivity contribution in [1.82, 2.24) is 19.9 Å². The van der Waals surface area contributed by atoms with E-state index in [4.69, 9.17) is 9.15 Å². The van der Waals surface area contributed by atoms with Crippen LogP contribution in [0.4, 0.5) is 4.39 Å². The number of carbonyl (C=O) groups excluding carboxylic acids is 2. The van der Waals surface area contributed by atoms with E-state index in [-0.39, 0.29) is 54.7 Å². The molecule has 12 heteroatoms. The SMILES string of the molecule is CCc1cc2c(C(=O)NC)c(-c3ccc(F)cc3)oc2nc1CN(CCCCOC(=O)C1CCCN1)S(=O)[O-]. The van der Waals surface area contributed by atoms with Gasteiger partial charge in [-0.15, -0.1) is 0 Å². The normalized spacial score (nSPS) is 16.1. The first-order valence-electron chi connectivity index (χ1n) is 13.0. The van der Waals surface area contributed by atoms with E-state index >= 15 is 0 Å². The highest BCUT2D eigenvalue weighted by molar-refractivity contribution is 7.76. The van der Waals surface area contributed by atoms with Gasteiger partial charge in [0.15, 0.2) is 0 Å². The number of furan rings is 1. The number of aryl methyl sites for hydroxylation is 1. The smallest absolute Gasteiger partial charge is 0.323 e. The molecule has 1 fully saturated rings. The topological polar surface area (TPSA) is 137 Å². The number of benzene rings is 1. The van der Waals surface area contributed by atoms with Gasteiger partial charge >= 0.3 is 5.97 Å². The minimum atomic E-state index is -2.51. The molecule has 210 valence electrons. The van der Waals surface area contributed by atoms with Crippen LogP contribution in [0.25, 0.3) is 22.4 Å². The Morgan fingerprint density at radius 2 is 2.08 bits per heavy atom. The summed E-state index contributed by atoms with van der Waals surface area (Å²) in [6.07, 6.45) is 3.28. The van der Waals surface area contributed by atoms with Crippen molar-refractivity contribution in [3.63, 3.8) is 0 Å². The van der Waals surface area contributed by atoms with Crippen LogP contribution in [-0.2, 0) is 33.8 Å². The fourth-order valence-corrected chi connectivity index (χ4v) is 5.13. The molecule has 3 heterocycles. The van der Waals surface area contributed by atoms with Gasteiger partial charge in [-0.1, -0.05) is 6.92 Å². The molecule has 0 spiro atoms. The zero-order valence-corrected chi connectivity index (χ0v) is 22.8. The van der Waals surface area contributed by atoms with Gasteiger partial charge in [-0.05, 0) is 74.5 Å². The molecular weight excluding hydrogens is 527 g/mol. The number of esters is 1. The molecule has 2 unspecified atom stereocenters. The third kappa shape index (κ3) is 6.88. The van der Waals surface area contributed by atoms with E-state index in [0.29, 0.717) is 35.9 Å². The van der Waals surface area contributed by atoms with Gasteiger partial charge in [-0.25, -0.2) is 13.7 Å². The Bertz CT molecular complexity index is 1340. The average Bonchev–Trinajstić information content (AvgIpc) is 3.60. The fraction of sp³-hybridized carbons (Fsp3) is 0.444. The third-order valence-corrected chi connectivity index (χ3v) is 7.45. The molecule has 4 rings (SSSR count). The predicted octanol–water partition coefficient (Wildman–Crippen LogP) is 3.23. The molecule has 10 nitrogen and oxygen atoms in total. The van der Waals surface area contributed by atoms with Crippen LogP contribution >= 0.6 is 0 Å². The van der Waals surface area contributed by atoms with Gasteiger partial charge in [0, 0.05) is 30.4 Å². The number of aromatic nitrogens is 1. The van der Waals surface area contributed by atoms with Crippen LogP contribution in [0, 0.1) is 5.82 Å². The first-order valence-corrected chi connectivity index (χ1v) is 14.0. The summed E-state index contributed by atoms with van der Waals surface area (Å²) < 4.78 is 50.1. The van der Waals surface area contributed by atoms with Gasteiger partial charge in [0.05, 0.1) is 29.8 Å². The van der Waals surface area contributed by atoms with Crippen LogP contribution in [0.1, 0.15) is 54.2 Å². The number of unbranched alkanes of at least 4 members (excludes halogenated alkanes) is 1. The van der Waals surface area contributed by atoms with E-state index in [1.165, 1.54) is 35.6 Å². The van der Waals surface area contributed by atoms with Gasteiger partial charge in [0.25, 0.3) is 5.91 Å². The number of ether oxygens (including phenoxy) is 1. The second-order valence-corrected chi connectivity index (χ2v) is 10.2. The van der Waals surface area contributed by atoms with Crippen molar-refractivity contribution in [1.29, 1.82) is 0 Å². The second kappa shape index (κ2) is 13.2. The van der Waals surface area contributed by atoms with Gasteiger partial charge in [0.2, 0.25) is 5.71 Å². The first kappa shape index (κ1) is 28.8. The number of hydrogen-bond acceptors (Lipinski definition) is 8. The molecule has 0 radical (unpaired) electrons. The second-order valence-electron chi connectivity index (χ2n) is 9.30. The number of halogens is 1. The Balaban J connectivity index is 1.51. The highest BCUT2D eigenvalue weighted by atomic mass is 32.2. The Kier molecular flexibility index (Phi) is 9.78. The number of amides is 1. The Hall–Kier alpha value is -3.19. The first-order chi connectivity index (χ1) is 18.8. The van der Waals surface area contributed by atoms with Crippen molar-refractivity contribution in [2.45, 2.75) is 51.6 Å². The minimum absolute atomic E-state index is 0.0168. The summed E-state index contributed by atoms with van der Waals surface area (Å²) >= 11 is -2.51. The fourth-order valence-electron chi connectivity index (χ4n) is 4.62. The molecule has 1 aliphatic rings. The molecule has 0 saturated carbocycles. The molecule has 2 aromatic heterocycles. The summed E-state index contributed by atoms with van der Waals surface area (Å²) in [4.78, 5) is 29.4. The minimum Gasteiger partial charge on any atom is -0.760 e. The maximum absolute atomic E-state index is 13.5. The number of carbonyl (C=O) groups is 2. The van der Waals surface area contributed by atoms with Gasteiger partial charge in [-0.2, -0.15) is 0 Å². The lowest BCUT2D eigenvalue weighted by molar-refractivity contribution is -0.145. The zero-order valence-electron chi connectivity index (χ0n) is 22.0. The lowest BCUT2D eigenvalue weighted by Crippen LogP contribution is -2.32. The number of nitrogens with one attached hydrogen (secondary N) is 2. The van der Waals surface area contributed by atoms with Crippen molar-refractivity contribution in [3.05, 3.63) is 53.0 Å². The van der Waals surface area contributed by atoms with Crippen LogP contribution in [0.2, 0.25) is 0 Å². The van der Waals surface area contributed by atoms with Crippen molar-refractivity contribution in [2.24, 2.45) is 0 Å². The van der Waals surface area contributed by atoms with E-state index in [0.717, 1.165) is 24.9 Å². The standard InChI is InChI=1S/C27H33FN4O6S/c1-3-17-15-20-23(25(33)29-2)24(18-8-10-19(28)11-9-18)38-26(20)31-22(17)16-32(39(35)36)13-4-5-14-37-27(34)21-7-6-12-30-21/h8-11,15,21,30H,3-7,12-14,16H2,1-2H3,(H,29,33)(H,35,36)/p-1. The van der Waals surface area contributed by atoms with E-state index in [1.807, 2.05) is 6.92 Å². The summed E-state index contributed by atoms with van der Waals surface area (Å²) in [6, 6.07) is 7.14. The van der Waals surface area contributed by atoms with Gasteiger partial charge in [-0.3, -0.25) is 13.8 Å². The molecule has 1 aromatic carbocycles. The summed E-state index contributed by atoms with van der Waals surface area (Å²) in [5, 5.41) is 6.19. The molecule has 0 aliphatic carbocycles. The van der Waals surface area contributed by atoms with Gasteiger partial charge < -0.3 is 24.3 Å². The average molecular weight is 560 g/mol. The molecule has 39 heavy (non-hydrogen) atoms.